The number of ether oxygens (including phenoxy) is 3. The molecule has 35 heavy (non-hydrogen) atoms. The Labute approximate surface area is 205 Å². The largest absolute Gasteiger partial charge is 0.493 e. The van der Waals surface area contributed by atoms with Crippen LogP contribution in [0.15, 0.2) is 54.6 Å². The van der Waals surface area contributed by atoms with Gasteiger partial charge in [0.25, 0.3) is 0 Å². The summed E-state index contributed by atoms with van der Waals surface area (Å²) in [5.74, 6) is -0.735. The van der Waals surface area contributed by atoms with Crippen LogP contribution < -0.4 is 26.3 Å². The Hall–Kier alpha value is -3.53. The molecule has 2 aromatic rings. The Morgan fingerprint density at radius 1 is 1.06 bits per heavy atom. The second-order valence-corrected chi connectivity index (χ2v) is 7.94. The summed E-state index contributed by atoms with van der Waals surface area (Å²) in [4.78, 5) is 38.3. The third-order valence-corrected chi connectivity index (χ3v) is 5.34. The number of nitrogens with one attached hydrogen (secondary N) is 1. The molecular weight excluding hydrogens is 450 g/mol. The lowest BCUT2D eigenvalue weighted by atomic mass is 9.82. The van der Waals surface area contributed by atoms with Crippen molar-refractivity contribution in [3.8, 4) is 11.5 Å². The van der Waals surface area contributed by atoms with Crippen molar-refractivity contribution in [2.45, 2.75) is 31.5 Å². The summed E-state index contributed by atoms with van der Waals surface area (Å²) in [6, 6.07) is 13.3. The molecule has 5 N–H and O–H groups in total. The summed E-state index contributed by atoms with van der Waals surface area (Å²) in [6.07, 6.45) is 2.65. The molecule has 0 bridgehead atoms. The molecule has 9 nitrogen and oxygen atoms in total. The van der Waals surface area contributed by atoms with Gasteiger partial charge in [0.1, 0.15) is 11.6 Å². The Bertz CT molecular complexity index is 1040. The molecule has 0 aromatic heterocycles. The summed E-state index contributed by atoms with van der Waals surface area (Å²) in [7, 11) is 3.02. The van der Waals surface area contributed by atoms with Crippen LogP contribution in [-0.4, -0.2) is 56.4 Å². The fourth-order valence-electron chi connectivity index (χ4n) is 3.48. The van der Waals surface area contributed by atoms with Gasteiger partial charge in [0, 0.05) is 6.92 Å². The van der Waals surface area contributed by atoms with Crippen LogP contribution in [0, 0.1) is 0 Å². The van der Waals surface area contributed by atoms with Gasteiger partial charge in [-0.25, -0.2) is 0 Å². The van der Waals surface area contributed by atoms with Gasteiger partial charge in [0.2, 0.25) is 5.91 Å². The van der Waals surface area contributed by atoms with Gasteiger partial charge in [-0.3, -0.25) is 14.4 Å². The Morgan fingerprint density at radius 3 is 2.34 bits per heavy atom. The van der Waals surface area contributed by atoms with Crippen molar-refractivity contribution in [3.63, 3.8) is 0 Å². The molecule has 0 aliphatic rings. The van der Waals surface area contributed by atoms with Gasteiger partial charge in [-0.15, -0.1) is 0 Å². The summed E-state index contributed by atoms with van der Waals surface area (Å²) >= 11 is 0. The monoisotopic (exact) mass is 483 g/mol. The highest BCUT2D eigenvalue weighted by molar-refractivity contribution is 6.18. The van der Waals surface area contributed by atoms with Gasteiger partial charge in [-0.2, -0.15) is 0 Å². The third-order valence-electron chi connectivity index (χ3n) is 5.34. The predicted molar refractivity (Wildman–Crippen MR) is 133 cm³/mol. The number of carbonyl (C=O) groups is 3. The SMILES string of the molecule is COc1ccc(/C=C/C(=O)C(N)(CCN)C(=O)[C@@H](COCc2ccccc2)NC(C)=O)cc1OC. The zero-order valence-corrected chi connectivity index (χ0v) is 20.3. The van der Waals surface area contributed by atoms with Crippen LogP contribution in [0.2, 0.25) is 0 Å². The number of rotatable bonds is 14. The van der Waals surface area contributed by atoms with Crippen LogP contribution in [-0.2, 0) is 25.7 Å². The lowest BCUT2D eigenvalue weighted by molar-refractivity contribution is -0.137. The molecule has 2 rings (SSSR count). The lowest BCUT2D eigenvalue weighted by Crippen LogP contribution is -2.62. The molecule has 9 heteroatoms. The van der Waals surface area contributed by atoms with Crippen LogP contribution in [0.1, 0.15) is 24.5 Å². The summed E-state index contributed by atoms with van der Waals surface area (Å²) < 4.78 is 16.1. The number of nitrogens with two attached hydrogens (primary N) is 2. The number of carbonyl (C=O) groups excluding carboxylic acids is 3. The fourth-order valence-corrected chi connectivity index (χ4v) is 3.48. The van der Waals surface area contributed by atoms with Crippen molar-refractivity contribution in [2.24, 2.45) is 11.5 Å². The van der Waals surface area contributed by atoms with E-state index >= 15 is 0 Å². The highest BCUT2D eigenvalue weighted by atomic mass is 16.5. The van der Waals surface area contributed by atoms with Gasteiger partial charge in [0.15, 0.2) is 23.1 Å². The minimum absolute atomic E-state index is 0.00412. The second kappa shape index (κ2) is 13.4. The van der Waals surface area contributed by atoms with E-state index < -0.39 is 29.1 Å². The van der Waals surface area contributed by atoms with Gasteiger partial charge in [0.05, 0.1) is 27.4 Å². The number of benzene rings is 2. The van der Waals surface area contributed by atoms with Crippen LogP contribution >= 0.6 is 0 Å². The van der Waals surface area contributed by atoms with E-state index in [1.165, 1.54) is 33.3 Å². The smallest absolute Gasteiger partial charge is 0.217 e. The normalized spacial score (nSPS) is 13.6. The van der Waals surface area contributed by atoms with E-state index in [4.69, 9.17) is 25.7 Å². The zero-order chi connectivity index (χ0) is 25.8. The average Bonchev–Trinajstić information content (AvgIpc) is 2.86. The van der Waals surface area contributed by atoms with Crippen molar-refractivity contribution >= 4 is 23.5 Å². The lowest BCUT2D eigenvalue weighted by Gasteiger charge is -2.29. The fraction of sp³-hybridized carbons (Fsp3) is 0.346. The molecule has 2 aromatic carbocycles. The first-order valence-corrected chi connectivity index (χ1v) is 11.1. The number of methoxy groups -OCH3 is 2. The Balaban J connectivity index is 2.21. The van der Waals surface area contributed by atoms with Gasteiger partial charge < -0.3 is 31.0 Å². The highest BCUT2D eigenvalue weighted by Gasteiger charge is 2.43. The van der Waals surface area contributed by atoms with Crippen molar-refractivity contribution in [1.29, 1.82) is 0 Å². The maximum absolute atomic E-state index is 13.4. The molecule has 0 radical (unpaired) electrons. The predicted octanol–water partition coefficient (Wildman–Crippen LogP) is 1.62. The van der Waals surface area contributed by atoms with Crippen LogP contribution in [0.25, 0.3) is 6.08 Å². The number of hydrogen-bond donors (Lipinski definition) is 3. The van der Waals surface area contributed by atoms with Gasteiger partial charge in [-0.05, 0) is 42.3 Å². The molecule has 2 atom stereocenters. The number of hydrogen-bond acceptors (Lipinski definition) is 8. The molecule has 0 saturated heterocycles. The van der Waals surface area contributed by atoms with E-state index in [0.29, 0.717) is 17.1 Å². The molecule has 188 valence electrons. The van der Waals surface area contributed by atoms with E-state index in [-0.39, 0.29) is 26.2 Å². The molecule has 1 amide bonds. The maximum Gasteiger partial charge on any atom is 0.217 e. The molecule has 0 spiro atoms. The van der Waals surface area contributed by atoms with Crippen molar-refractivity contribution in [3.05, 3.63) is 65.7 Å². The van der Waals surface area contributed by atoms with E-state index in [2.05, 4.69) is 5.32 Å². The standard InChI is InChI=1S/C26H33N3O6/c1-18(30)29-21(17-35-16-20-7-5-4-6-8-20)25(32)26(28,13-14-27)24(31)12-10-19-9-11-22(33-2)23(15-19)34-3/h4-12,15,21H,13-14,16-17,27-28H2,1-3H3,(H,29,30)/b12-10+/t21-,26?/m1/s1. The molecule has 0 fully saturated rings. The zero-order valence-electron chi connectivity index (χ0n) is 20.3. The quantitative estimate of drug-likeness (QED) is 0.272. The van der Waals surface area contributed by atoms with E-state index in [9.17, 15) is 14.4 Å². The van der Waals surface area contributed by atoms with E-state index in [0.717, 1.165) is 5.56 Å². The van der Waals surface area contributed by atoms with Crippen LogP contribution in [0.4, 0.5) is 0 Å². The molecule has 0 heterocycles. The first-order chi connectivity index (χ1) is 16.7. The van der Waals surface area contributed by atoms with Crippen molar-refractivity contribution < 1.29 is 28.6 Å². The molecule has 0 aliphatic heterocycles. The third kappa shape index (κ3) is 7.74. The minimum atomic E-state index is -1.94. The van der Waals surface area contributed by atoms with E-state index in [1.807, 2.05) is 30.3 Å². The second-order valence-electron chi connectivity index (χ2n) is 7.94. The first-order valence-electron chi connectivity index (χ1n) is 11.1. The summed E-state index contributed by atoms with van der Waals surface area (Å²) in [6.45, 7) is 1.35. The highest BCUT2D eigenvalue weighted by Crippen LogP contribution is 2.28. The van der Waals surface area contributed by atoms with Crippen molar-refractivity contribution in [2.75, 3.05) is 27.4 Å². The minimum Gasteiger partial charge on any atom is -0.493 e. The first kappa shape index (κ1) is 27.7. The number of ketones is 2. The number of Topliss-reactive ketones (excluding diaryl/α,β-unsaturated/α-hetero) is 1. The summed E-state index contributed by atoms with van der Waals surface area (Å²) in [5.41, 5.74) is 11.6. The van der Waals surface area contributed by atoms with Gasteiger partial charge in [-0.1, -0.05) is 42.5 Å². The average molecular weight is 484 g/mol. The molecule has 0 saturated carbocycles. The Morgan fingerprint density at radius 2 is 1.74 bits per heavy atom. The van der Waals surface area contributed by atoms with Crippen LogP contribution in [0.5, 0.6) is 11.5 Å². The molecule has 0 aliphatic carbocycles. The van der Waals surface area contributed by atoms with Crippen LogP contribution in [0.3, 0.4) is 0 Å². The van der Waals surface area contributed by atoms with Gasteiger partial charge >= 0.3 is 0 Å². The summed E-state index contributed by atoms with van der Waals surface area (Å²) in [5, 5.41) is 2.55. The van der Waals surface area contributed by atoms with E-state index in [1.54, 1.807) is 18.2 Å². The Kier molecular flexibility index (Phi) is 10.6. The number of amides is 1. The molecule has 1 unspecified atom stereocenters. The topological polar surface area (TPSA) is 143 Å². The maximum atomic E-state index is 13.4. The molecular formula is C26H33N3O6. The van der Waals surface area contributed by atoms with Crippen molar-refractivity contribution in [1.82, 2.24) is 5.32 Å².